The van der Waals surface area contributed by atoms with Gasteiger partial charge < -0.3 is 10.1 Å². The molecule has 1 unspecified atom stereocenters. The molecule has 1 heterocycles. The van der Waals surface area contributed by atoms with E-state index in [0.717, 1.165) is 32.6 Å². The molecule has 1 aromatic rings. The van der Waals surface area contributed by atoms with Crippen LogP contribution < -0.4 is 5.32 Å². The smallest absolute Gasteiger partial charge is 0.0721 e. The quantitative estimate of drug-likeness (QED) is 0.892. The zero-order valence-electron chi connectivity index (χ0n) is 12.7. The predicted molar refractivity (Wildman–Crippen MR) is 82.0 cm³/mol. The molecular formula is C17H26N2O. The third kappa shape index (κ3) is 3.05. The van der Waals surface area contributed by atoms with Gasteiger partial charge in [-0.15, -0.1) is 0 Å². The van der Waals surface area contributed by atoms with Crippen LogP contribution in [-0.2, 0) is 11.2 Å². The maximum Gasteiger partial charge on any atom is 0.0721 e. The standard InChI is InChI=1S/C17H26N2O/c1-14(19-10-8-18-9-11-19)16-5-3-4-15(12-16)13-17(20-2)6-7-17/h3-5,12,14,18H,6-11,13H2,1-2H3. The summed E-state index contributed by atoms with van der Waals surface area (Å²) in [5, 5.41) is 3.42. The lowest BCUT2D eigenvalue weighted by Gasteiger charge is -2.33. The molecule has 3 rings (SSSR count). The summed E-state index contributed by atoms with van der Waals surface area (Å²) in [6.45, 7) is 6.84. The van der Waals surface area contributed by atoms with Gasteiger partial charge in [0, 0.05) is 45.8 Å². The number of nitrogens with zero attached hydrogens (tertiary/aromatic N) is 1. The fourth-order valence-corrected chi connectivity index (χ4v) is 3.21. The topological polar surface area (TPSA) is 24.5 Å². The molecule has 20 heavy (non-hydrogen) atoms. The number of rotatable bonds is 5. The van der Waals surface area contributed by atoms with Crippen molar-refractivity contribution >= 4 is 0 Å². The maximum atomic E-state index is 5.65. The summed E-state index contributed by atoms with van der Waals surface area (Å²) in [4.78, 5) is 2.57. The normalized spacial score (nSPS) is 23.5. The summed E-state index contributed by atoms with van der Waals surface area (Å²) in [7, 11) is 1.85. The van der Waals surface area contributed by atoms with Crippen LogP contribution in [0.15, 0.2) is 24.3 Å². The maximum absolute atomic E-state index is 5.65. The lowest BCUT2D eigenvalue weighted by molar-refractivity contribution is 0.0807. The summed E-state index contributed by atoms with van der Waals surface area (Å²) in [6.07, 6.45) is 3.48. The van der Waals surface area contributed by atoms with Crippen molar-refractivity contribution in [1.82, 2.24) is 10.2 Å². The number of benzene rings is 1. The van der Waals surface area contributed by atoms with Crippen LogP contribution in [0.2, 0.25) is 0 Å². The van der Waals surface area contributed by atoms with E-state index in [1.807, 2.05) is 7.11 Å². The van der Waals surface area contributed by atoms with Gasteiger partial charge in [0.05, 0.1) is 5.60 Å². The highest BCUT2D eigenvalue weighted by Crippen LogP contribution is 2.42. The fourth-order valence-electron chi connectivity index (χ4n) is 3.21. The lowest BCUT2D eigenvalue weighted by atomic mass is 9.99. The van der Waals surface area contributed by atoms with E-state index in [4.69, 9.17) is 4.74 Å². The van der Waals surface area contributed by atoms with E-state index in [-0.39, 0.29) is 5.60 Å². The number of ether oxygens (including phenoxy) is 1. The third-order valence-corrected chi connectivity index (χ3v) is 4.90. The van der Waals surface area contributed by atoms with Crippen molar-refractivity contribution in [3.05, 3.63) is 35.4 Å². The van der Waals surface area contributed by atoms with Crippen molar-refractivity contribution in [1.29, 1.82) is 0 Å². The Kier molecular flexibility index (Phi) is 4.11. The summed E-state index contributed by atoms with van der Waals surface area (Å²) in [5.74, 6) is 0. The molecule has 1 saturated carbocycles. The Balaban J connectivity index is 1.70. The van der Waals surface area contributed by atoms with Crippen LogP contribution in [0.1, 0.15) is 36.9 Å². The Morgan fingerprint density at radius 1 is 1.30 bits per heavy atom. The van der Waals surface area contributed by atoms with E-state index in [0.29, 0.717) is 6.04 Å². The molecule has 3 nitrogen and oxygen atoms in total. The molecule has 0 amide bonds. The zero-order valence-corrected chi connectivity index (χ0v) is 12.7. The van der Waals surface area contributed by atoms with Crippen LogP contribution in [0.3, 0.4) is 0 Å². The molecule has 0 radical (unpaired) electrons. The zero-order chi connectivity index (χ0) is 14.0. The first-order valence-electron chi connectivity index (χ1n) is 7.81. The Labute approximate surface area is 122 Å². The van der Waals surface area contributed by atoms with Crippen LogP contribution >= 0.6 is 0 Å². The number of piperazine rings is 1. The van der Waals surface area contributed by atoms with E-state index in [1.165, 1.54) is 24.0 Å². The van der Waals surface area contributed by atoms with Gasteiger partial charge in [-0.3, -0.25) is 4.90 Å². The van der Waals surface area contributed by atoms with Crippen molar-refractivity contribution in [3.8, 4) is 0 Å². The summed E-state index contributed by atoms with van der Waals surface area (Å²) >= 11 is 0. The number of methoxy groups -OCH3 is 1. The second-order valence-corrected chi connectivity index (χ2v) is 6.27. The first kappa shape index (κ1) is 14.1. The van der Waals surface area contributed by atoms with Crippen molar-refractivity contribution in [2.45, 2.75) is 37.8 Å². The van der Waals surface area contributed by atoms with E-state index in [9.17, 15) is 0 Å². The SMILES string of the molecule is COC1(Cc2cccc(C(C)N3CCNCC3)c2)CC1. The van der Waals surface area contributed by atoms with Gasteiger partial charge >= 0.3 is 0 Å². The minimum atomic E-state index is 0.150. The van der Waals surface area contributed by atoms with Crippen molar-refractivity contribution < 1.29 is 4.74 Å². The number of hydrogen-bond acceptors (Lipinski definition) is 3. The van der Waals surface area contributed by atoms with Gasteiger partial charge in [0.15, 0.2) is 0 Å². The Bertz CT molecular complexity index is 450. The van der Waals surface area contributed by atoms with Crippen molar-refractivity contribution in [2.24, 2.45) is 0 Å². The van der Waals surface area contributed by atoms with Gasteiger partial charge in [0.2, 0.25) is 0 Å². The Morgan fingerprint density at radius 3 is 2.70 bits per heavy atom. The average molecular weight is 274 g/mol. The largest absolute Gasteiger partial charge is 0.378 e. The van der Waals surface area contributed by atoms with Crippen molar-refractivity contribution in [2.75, 3.05) is 33.3 Å². The summed E-state index contributed by atoms with van der Waals surface area (Å²) in [6, 6.07) is 9.60. The van der Waals surface area contributed by atoms with Gasteiger partial charge in [-0.05, 0) is 30.9 Å². The van der Waals surface area contributed by atoms with Gasteiger partial charge in [-0.2, -0.15) is 0 Å². The predicted octanol–water partition coefficient (Wildman–Crippen LogP) is 2.37. The molecule has 1 aliphatic carbocycles. The molecule has 1 N–H and O–H groups in total. The average Bonchev–Trinajstić information content (AvgIpc) is 3.28. The molecule has 2 fully saturated rings. The van der Waals surface area contributed by atoms with E-state index in [1.54, 1.807) is 0 Å². The van der Waals surface area contributed by atoms with E-state index >= 15 is 0 Å². The molecule has 0 bridgehead atoms. The molecule has 1 aromatic carbocycles. The molecule has 1 aliphatic heterocycles. The third-order valence-electron chi connectivity index (χ3n) is 4.90. The minimum absolute atomic E-state index is 0.150. The first-order chi connectivity index (χ1) is 9.72. The van der Waals surface area contributed by atoms with Gasteiger partial charge in [0.1, 0.15) is 0 Å². The molecular weight excluding hydrogens is 248 g/mol. The van der Waals surface area contributed by atoms with E-state index in [2.05, 4.69) is 41.4 Å². The minimum Gasteiger partial charge on any atom is -0.378 e. The summed E-state index contributed by atoms with van der Waals surface area (Å²) < 4.78 is 5.65. The fraction of sp³-hybridized carbons (Fsp3) is 0.647. The lowest BCUT2D eigenvalue weighted by Crippen LogP contribution is -2.44. The van der Waals surface area contributed by atoms with E-state index < -0.39 is 0 Å². The van der Waals surface area contributed by atoms with Crippen LogP contribution in [-0.4, -0.2) is 43.8 Å². The second kappa shape index (κ2) is 5.84. The summed E-state index contributed by atoms with van der Waals surface area (Å²) in [5.41, 5.74) is 3.01. The first-order valence-corrected chi connectivity index (χ1v) is 7.81. The van der Waals surface area contributed by atoms with Crippen LogP contribution in [0.25, 0.3) is 0 Å². The number of nitrogens with one attached hydrogen (secondary N) is 1. The second-order valence-electron chi connectivity index (χ2n) is 6.27. The van der Waals surface area contributed by atoms with Gasteiger partial charge in [0.25, 0.3) is 0 Å². The molecule has 1 atom stereocenters. The van der Waals surface area contributed by atoms with Crippen LogP contribution in [0.4, 0.5) is 0 Å². The van der Waals surface area contributed by atoms with Crippen LogP contribution in [0, 0.1) is 0 Å². The van der Waals surface area contributed by atoms with Crippen LogP contribution in [0.5, 0.6) is 0 Å². The molecule has 3 heteroatoms. The Morgan fingerprint density at radius 2 is 2.05 bits per heavy atom. The molecule has 0 aromatic heterocycles. The Hall–Kier alpha value is -0.900. The molecule has 110 valence electrons. The monoisotopic (exact) mass is 274 g/mol. The highest BCUT2D eigenvalue weighted by Gasteiger charge is 2.42. The van der Waals surface area contributed by atoms with Crippen molar-refractivity contribution in [3.63, 3.8) is 0 Å². The molecule has 1 saturated heterocycles. The van der Waals surface area contributed by atoms with Gasteiger partial charge in [-0.1, -0.05) is 24.3 Å². The molecule has 2 aliphatic rings. The highest BCUT2D eigenvalue weighted by molar-refractivity contribution is 5.28. The molecule has 0 spiro atoms. The van der Waals surface area contributed by atoms with Gasteiger partial charge in [-0.25, -0.2) is 0 Å². The highest BCUT2D eigenvalue weighted by atomic mass is 16.5. The number of hydrogen-bond donors (Lipinski definition) is 1.